The van der Waals surface area contributed by atoms with Crippen molar-refractivity contribution in [3.63, 3.8) is 0 Å². The van der Waals surface area contributed by atoms with Crippen LogP contribution < -0.4 is 0 Å². The van der Waals surface area contributed by atoms with E-state index in [-0.39, 0.29) is 12.6 Å². The molecule has 2 rings (SSSR count). The minimum Gasteiger partial charge on any atom is -0.474 e. The fourth-order valence-corrected chi connectivity index (χ4v) is 2.11. The van der Waals surface area contributed by atoms with Crippen LogP contribution in [-0.4, -0.2) is 31.1 Å². The highest BCUT2D eigenvalue weighted by Gasteiger charge is 2.44. The lowest BCUT2D eigenvalue weighted by Crippen LogP contribution is -2.39. The van der Waals surface area contributed by atoms with Crippen LogP contribution in [0.25, 0.3) is 0 Å². The number of aliphatic imine (C=N–C) groups is 1. The van der Waals surface area contributed by atoms with Gasteiger partial charge in [-0.2, -0.15) is 0 Å². The predicted octanol–water partition coefficient (Wildman–Crippen LogP) is 2.18. The van der Waals surface area contributed by atoms with Crippen LogP contribution in [0.4, 0.5) is 0 Å². The molecule has 0 aliphatic carbocycles. The van der Waals surface area contributed by atoms with Crippen molar-refractivity contribution in [1.82, 2.24) is 0 Å². The zero-order chi connectivity index (χ0) is 13.0. The number of carbonyl (C=O) groups is 1. The maximum atomic E-state index is 11.9. The lowest BCUT2D eigenvalue weighted by Gasteiger charge is -2.19. The Bertz CT molecular complexity index is 455. The molecule has 4 heteroatoms. The third kappa shape index (κ3) is 2.23. The van der Waals surface area contributed by atoms with Crippen molar-refractivity contribution < 1.29 is 14.3 Å². The summed E-state index contributed by atoms with van der Waals surface area (Å²) < 4.78 is 10.4. The van der Waals surface area contributed by atoms with Crippen molar-refractivity contribution in [2.24, 2.45) is 4.99 Å². The van der Waals surface area contributed by atoms with E-state index in [0.29, 0.717) is 12.3 Å². The summed E-state index contributed by atoms with van der Waals surface area (Å²) in [4.78, 5) is 16.4. The lowest BCUT2D eigenvalue weighted by molar-refractivity contribution is -0.147. The van der Waals surface area contributed by atoms with E-state index in [1.807, 2.05) is 37.3 Å². The van der Waals surface area contributed by atoms with Crippen LogP contribution in [0.3, 0.4) is 0 Å². The van der Waals surface area contributed by atoms with Gasteiger partial charge in [-0.15, -0.1) is 0 Å². The van der Waals surface area contributed by atoms with E-state index >= 15 is 0 Å². The number of esters is 1. The van der Waals surface area contributed by atoms with Gasteiger partial charge in [-0.05, 0) is 18.6 Å². The summed E-state index contributed by atoms with van der Waals surface area (Å²) in [6.07, 6.45) is 1.49. The van der Waals surface area contributed by atoms with Gasteiger partial charge in [0.2, 0.25) is 5.90 Å². The number of carbonyl (C=O) groups excluding carboxylic acids is 1. The SMILES string of the molecule is CCCC1(C(=O)OC)COC(c2ccccc2)=N1. The molecule has 0 aromatic heterocycles. The van der Waals surface area contributed by atoms with E-state index in [2.05, 4.69) is 4.99 Å². The topological polar surface area (TPSA) is 47.9 Å². The molecule has 4 nitrogen and oxygen atoms in total. The fraction of sp³-hybridized carbons (Fsp3) is 0.429. The zero-order valence-corrected chi connectivity index (χ0v) is 10.7. The van der Waals surface area contributed by atoms with Crippen molar-refractivity contribution in [3.8, 4) is 0 Å². The average Bonchev–Trinajstić information content (AvgIpc) is 2.85. The van der Waals surface area contributed by atoms with Crippen LogP contribution >= 0.6 is 0 Å². The Kier molecular flexibility index (Phi) is 3.65. The third-order valence-electron chi connectivity index (χ3n) is 3.01. The Hall–Kier alpha value is -1.84. The second-order valence-corrected chi connectivity index (χ2v) is 4.34. The lowest BCUT2D eigenvalue weighted by atomic mass is 9.96. The number of hydrogen-bond donors (Lipinski definition) is 0. The first kappa shape index (κ1) is 12.6. The smallest absolute Gasteiger partial charge is 0.337 e. The molecule has 0 bridgehead atoms. The van der Waals surface area contributed by atoms with Gasteiger partial charge in [0.15, 0.2) is 5.54 Å². The van der Waals surface area contributed by atoms with Crippen LogP contribution in [0.15, 0.2) is 35.3 Å². The van der Waals surface area contributed by atoms with Crippen molar-refractivity contribution >= 4 is 11.9 Å². The maximum Gasteiger partial charge on any atom is 0.337 e. The molecule has 96 valence electrons. The van der Waals surface area contributed by atoms with Gasteiger partial charge in [-0.3, -0.25) is 0 Å². The number of nitrogens with zero attached hydrogens (tertiary/aromatic N) is 1. The molecule has 0 saturated carbocycles. The molecule has 1 heterocycles. The number of benzene rings is 1. The maximum absolute atomic E-state index is 11.9. The molecule has 1 aromatic carbocycles. The highest BCUT2D eigenvalue weighted by molar-refractivity contribution is 5.98. The molecule has 1 atom stereocenters. The van der Waals surface area contributed by atoms with E-state index in [9.17, 15) is 4.79 Å². The molecule has 0 N–H and O–H groups in total. The largest absolute Gasteiger partial charge is 0.474 e. The Balaban J connectivity index is 2.31. The molecule has 0 saturated heterocycles. The highest BCUT2D eigenvalue weighted by Crippen LogP contribution is 2.28. The molecule has 0 fully saturated rings. The van der Waals surface area contributed by atoms with Crippen LogP contribution in [-0.2, 0) is 14.3 Å². The molecule has 0 amide bonds. The molecule has 18 heavy (non-hydrogen) atoms. The van der Waals surface area contributed by atoms with E-state index < -0.39 is 5.54 Å². The summed E-state index contributed by atoms with van der Waals surface area (Å²) in [5.74, 6) is 0.199. The Morgan fingerprint density at radius 1 is 1.44 bits per heavy atom. The monoisotopic (exact) mass is 247 g/mol. The number of methoxy groups -OCH3 is 1. The quantitative estimate of drug-likeness (QED) is 0.766. The summed E-state index contributed by atoms with van der Waals surface area (Å²) in [5, 5.41) is 0. The average molecular weight is 247 g/mol. The normalized spacial score (nSPS) is 22.2. The Morgan fingerprint density at radius 3 is 2.78 bits per heavy atom. The first-order valence-corrected chi connectivity index (χ1v) is 6.08. The second-order valence-electron chi connectivity index (χ2n) is 4.34. The third-order valence-corrected chi connectivity index (χ3v) is 3.01. The highest BCUT2D eigenvalue weighted by atomic mass is 16.5. The number of rotatable bonds is 4. The van der Waals surface area contributed by atoms with E-state index in [0.717, 1.165) is 12.0 Å². The zero-order valence-electron chi connectivity index (χ0n) is 10.7. The first-order valence-electron chi connectivity index (χ1n) is 6.08. The molecular formula is C14H17NO3. The van der Waals surface area contributed by atoms with Gasteiger partial charge in [-0.1, -0.05) is 31.5 Å². The minimum absolute atomic E-state index is 0.262. The molecule has 0 radical (unpaired) electrons. The summed E-state index contributed by atoms with van der Waals surface area (Å²) in [7, 11) is 1.38. The number of hydrogen-bond acceptors (Lipinski definition) is 4. The van der Waals surface area contributed by atoms with Gasteiger partial charge in [0.05, 0.1) is 7.11 Å². The molecule has 0 spiro atoms. The summed E-state index contributed by atoms with van der Waals surface area (Å²) >= 11 is 0. The van der Waals surface area contributed by atoms with Crippen molar-refractivity contribution in [1.29, 1.82) is 0 Å². The summed E-state index contributed by atoms with van der Waals surface area (Å²) in [5.41, 5.74) is 0.0219. The first-order chi connectivity index (χ1) is 8.72. The van der Waals surface area contributed by atoms with E-state index in [1.165, 1.54) is 7.11 Å². The molecule has 1 aromatic rings. The summed E-state index contributed by atoms with van der Waals surface area (Å²) in [6, 6.07) is 9.59. The summed E-state index contributed by atoms with van der Waals surface area (Å²) in [6.45, 7) is 2.28. The van der Waals surface area contributed by atoms with E-state index in [4.69, 9.17) is 9.47 Å². The van der Waals surface area contributed by atoms with Crippen LogP contribution in [0.1, 0.15) is 25.3 Å². The Morgan fingerprint density at radius 2 is 2.17 bits per heavy atom. The van der Waals surface area contributed by atoms with Gasteiger partial charge >= 0.3 is 5.97 Å². The number of ether oxygens (including phenoxy) is 2. The van der Waals surface area contributed by atoms with Gasteiger partial charge in [0.1, 0.15) is 6.61 Å². The van der Waals surface area contributed by atoms with E-state index in [1.54, 1.807) is 0 Å². The van der Waals surface area contributed by atoms with Crippen LogP contribution in [0.2, 0.25) is 0 Å². The molecule has 1 aliphatic heterocycles. The van der Waals surface area contributed by atoms with Crippen LogP contribution in [0, 0.1) is 0 Å². The van der Waals surface area contributed by atoms with Crippen molar-refractivity contribution in [2.45, 2.75) is 25.3 Å². The van der Waals surface area contributed by atoms with Gasteiger partial charge in [-0.25, -0.2) is 9.79 Å². The second kappa shape index (κ2) is 5.21. The van der Waals surface area contributed by atoms with Crippen LogP contribution in [0.5, 0.6) is 0 Å². The Labute approximate surface area is 107 Å². The molecule has 1 unspecified atom stereocenters. The fourth-order valence-electron chi connectivity index (χ4n) is 2.11. The molecular weight excluding hydrogens is 230 g/mol. The van der Waals surface area contributed by atoms with Crippen molar-refractivity contribution in [3.05, 3.63) is 35.9 Å². The minimum atomic E-state index is -0.866. The standard InChI is InChI=1S/C14H17NO3/c1-3-9-14(13(16)17-2)10-18-12(15-14)11-7-5-4-6-8-11/h4-8H,3,9-10H2,1-2H3. The van der Waals surface area contributed by atoms with Crippen molar-refractivity contribution in [2.75, 3.05) is 13.7 Å². The predicted molar refractivity (Wildman–Crippen MR) is 68.6 cm³/mol. The molecule has 1 aliphatic rings. The van der Waals surface area contributed by atoms with Gasteiger partial charge in [0.25, 0.3) is 0 Å². The van der Waals surface area contributed by atoms with Gasteiger partial charge in [0, 0.05) is 5.56 Å². The van der Waals surface area contributed by atoms with Gasteiger partial charge < -0.3 is 9.47 Å².